The monoisotopic (exact) mass is 449 g/mol. The predicted octanol–water partition coefficient (Wildman–Crippen LogP) is 5.41. The van der Waals surface area contributed by atoms with E-state index in [1.165, 1.54) is 14.7 Å². The minimum Gasteiger partial charge on any atom is -0.306 e. The van der Waals surface area contributed by atoms with E-state index in [1.807, 2.05) is 18.2 Å². The minimum absolute atomic E-state index is 0.160. The summed E-state index contributed by atoms with van der Waals surface area (Å²) >= 11 is 12.0. The maximum absolute atomic E-state index is 6.11. The van der Waals surface area contributed by atoms with Crippen LogP contribution in [0.15, 0.2) is 46.9 Å². The van der Waals surface area contributed by atoms with Crippen molar-refractivity contribution in [1.29, 1.82) is 0 Å². The second kappa shape index (κ2) is 7.07. The highest BCUT2D eigenvalue weighted by Gasteiger charge is 2.16. The van der Waals surface area contributed by atoms with Crippen LogP contribution in [-0.2, 0) is 0 Å². The van der Waals surface area contributed by atoms with Crippen LogP contribution >= 0.6 is 50.1 Å². The van der Waals surface area contributed by atoms with E-state index >= 15 is 0 Å². The first-order valence-corrected chi connectivity index (χ1v) is 8.30. The van der Waals surface area contributed by atoms with Crippen molar-refractivity contribution in [2.45, 2.75) is 13.0 Å². The Morgan fingerprint density at radius 2 is 2.05 bits per heavy atom. The zero-order chi connectivity index (χ0) is 13.8. The van der Waals surface area contributed by atoms with E-state index in [-0.39, 0.29) is 6.04 Å². The highest BCUT2D eigenvalue weighted by atomic mass is 127. The Kier molecular flexibility index (Phi) is 5.69. The van der Waals surface area contributed by atoms with Crippen molar-refractivity contribution in [3.63, 3.8) is 0 Å². The summed E-state index contributed by atoms with van der Waals surface area (Å²) in [7, 11) is 0. The van der Waals surface area contributed by atoms with Crippen molar-refractivity contribution >= 4 is 50.1 Å². The average molecular weight is 451 g/mol. The quantitative estimate of drug-likeness (QED) is 0.615. The van der Waals surface area contributed by atoms with Crippen molar-refractivity contribution in [1.82, 2.24) is 5.32 Å². The number of hydrogen-bond acceptors (Lipinski definition) is 1. The SMILES string of the molecule is CCNC(c1cccc(Cl)c1)c1cc(Br)ccc1I. The lowest BCUT2D eigenvalue weighted by atomic mass is 9.99. The van der Waals surface area contributed by atoms with Gasteiger partial charge in [0.05, 0.1) is 6.04 Å². The lowest BCUT2D eigenvalue weighted by molar-refractivity contribution is 0.628. The molecule has 0 aliphatic carbocycles. The molecular formula is C15H14BrClIN. The lowest BCUT2D eigenvalue weighted by Gasteiger charge is -2.21. The summed E-state index contributed by atoms with van der Waals surface area (Å²) in [5.74, 6) is 0. The van der Waals surface area contributed by atoms with Gasteiger partial charge in [0.15, 0.2) is 0 Å². The fourth-order valence-electron chi connectivity index (χ4n) is 2.03. The fourth-order valence-corrected chi connectivity index (χ4v) is 3.26. The summed E-state index contributed by atoms with van der Waals surface area (Å²) < 4.78 is 2.33. The standard InChI is InChI=1S/C15H14BrClIN/c1-2-19-15(10-4-3-5-12(17)8-10)13-9-11(16)6-7-14(13)18/h3-9,15,19H,2H2,1H3. The van der Waals surface area contributed by atoms with Gasteiger partial charge >= 0.3 is 0 Å². The van der Waals surface area contributed by atoms with E-state index in [0.717, 1.165) is 16.0 Å². The summed E-state index contributed by atoms with van der Waals surface area (Å²) in [6.07, 6.45) is 0. The Bertz CT molecular complexity index is 574. The third kappa shape index (κ3) is 3.94. The molecule has 0 radical (unpaired) electrons. The third-order valence-electron chi connectivity index (χ3n) is 2.86. The van der Waals surface area contributed by atoms with Gasteiger partial charge in [-0.3, -0.25) is 0 Å². The fraction of sp³-hybridized carbons (Fsp3) is 0.200. The molecule has 2 aromatic carbocycles. The van der Waals surface area contributed by atoms with E-state index < -0.39 is 0 Å². The summed E-state index contributed by atoms with van der Waals surface area (Å²) in [6.45, 7) is 3.02. The molecule has 0 aliphatic heterocycles. The van der Waals surface area contributed by atoms with Crippen LogP contribution in [0, 0.1) is 3.57 Å². The van der Waals surface area contributed by atoms with Crippen LogP contribution < -0.4 is 5.32 Å². The molecule has 1 atom stereocenters. The summed E-state index contributed by atoms with van der Waals surface area (Å²) in [5.41, 5.74) is 2.45. The Labute approximate surface area is 141 Å². The molecule has 0 aromatic heterocycles. The molecule has 0 spiro atoms. The van der Waals surface area contributed by atoms with Gasteiger partial charge in [-0.05, 0) is 70.6 Å². The van der Waals surface area contributed by atoms with Gasteiger partial charge in [0, 0.05) is 13.1 Å². The topological polar surface area (TPSA) is 12.0 Å². The first-order valence-electron chi connectivity index (χ1n) is 6.05. The second-order valence-electron chi connectivity index (χ2n) is 4.21. The number of benzene rings is 2. The summed E-state index contributed by atoms with van der Waals surface area (Å²) in [6, 6.07) is 14.5. The molecule has 100 valence electrons. The van der Waals surface area contributed by atoms with Gasteiger partial charge in [-0.2, -0.15) is 0 Å². The molecule has 19 heavy (non-hydrogen) atoms. The molecule has 0 heterocycles. The molecule has 0 amide bonds. The molecule has 0 saturated carbocycles. The van der Waals surface area contributed by atoms with Crippen LogP contribution in [0.25, 0.3) is 0 Å². The first-order chi connectivity index (χ1) is 9.11. The van der Waals surface area contributed by atoms with Gasteiger partial charge in [0.2, 0.25) is 0 Å². The van der Waals surface area contributed by atoms with Crippen LogP contribution in [0.1, 0.15) is 24.1 Å². The smallest absolute Gasteiger partial charge is 0.0588 e. The largest absolute Gasteiger partial charge is 0.306 e. The van der Waals surface area contributed by atoms with E-state index in [2.05, 4.69) is 75.0 Å². The van der Waals surface area contributed by atoms with Gasteiger partial charge in [-0.1, -0.05) is 46.6 Å². The number of hydrogen-bond donors (Lipinski definition) is 1. The van der Waals surface area contributed by atoms with Gasteiger partial charge in [0.25, 0.3) is 0 Å². The van der Waals surface area contributed by atoms with Gasteiger partial charge in [-0.25, -0.2) is 0 Å². The predicted molar refractivity (Wildman–Crippen MR) is 93.8 cm³/mol. The van der Waals surface area contributed by atoms with E-state index in [9.17, 15) is 0 Å². The molecule has 1 unspecified atom stereocenters. The zero-order valence-electron chi connectivity index (χ0n) is 10.5. The lowest BCUT2D eigenvalue weighted by Crippen LogP contribution is -2.22. The highest BCUT2D eigenvalue weighted by molar-refractivity contribution is 14.1. The van der Waals surface area contributed by atoms with Crippen molar-refractivity contribution in [3.8, 4) is 0 Å². The van der Waals surface area contributed by atoms with E-state index in [1.54, 1.807) is 0 Å². The molecule has 0 fully saturated rings. The maximum atomic E-state index is 6.11. The zero-order valence-corrected chi connectivity index (χ0v) is 15.0. The van der Waals surface area contributed by atoms with Crippen LogP contribution in [0.5, 0.6) is 0 Å². The molecule has 1 N–H and O–H groups in total. The second-order valence-corrected chi connectivity index (χ2v) is 6.73. The summed E-state index contributed by atoms with van der Waals surface area (Å²) in [5, 5.41) is 4.30. The molecule has 4 heteroatoms. The Balaban J connectivity index is 2.48. The molecule has 0 saturated heterocycles. The van der Waals surface area contributed by atoms with E-state index in [4.69, 9.17) is 11.6 Å². The number of rotatable bonds is 4. The van der Waals surface area contributed by atoms with Crippen LogP contribution in [0.4, 0.5) is 0 Å². The molecule has 2 aromatic rings. The molecule has 0 bridgehead atoms. The number of nitrogens with one attached hydrogen (secondary N) is 1. The van der Waals surface area contributed by atoms with Gasteiger partial charge in [0.1, 0.15) is 0 Å². The Morgan fingerprint density at radius 3 is 2.74 bits per heavy atom. The molecular weight excluding hydrogens is 436 g/mol. The third-order valence-corrected chi connectivity index (χ3v) is 4.57. The van der Waals surface area contributed by atoms with Crippen LogP contribution in [0.2, 0.25) is 5.02 Å². The maximum Gasteiger partial charge on any atom is 0.0588 e. The normalized spacial score (nSPS) is 12.4. The van der Waals surface area contributed by atoms with Crippen LogP contribution in [0.3, 0.4) is 0 Å². The van der Waals surface area contributed by atoms with Crippen molar-refractivity contribution < 1.29 is 0 Å². The average Bonchev–Trinajstić information content (AvgIpc) is 2.39. The molecule has 0 aliphatic rings. The summed E-state index contributed by atoms with van der Waals surface area (Å²) in [4.78, 5) is 0. The van der Waals surface area contributed by atoms with Crippen molar-refractivity contribution in [2.24, 2.45) is 0 Å². The van der Waals surface area contributed by atoms with E-state index in [0.29, 0.717) is 0 Å². The minimum atomic E-state index is 0.160. The first kappa shape index (κ1) is 15.3. The number of halogens is 3. The van der Waals surface area contributed by atoms with Gasteiger partial charge < -0.3 is 5.32 Å². The Morgan fingerprint density at radius 1 is 1.26 bits per heavy atom. The van der Waals surface area contributed by atoms with Crippen molar-refractivity contribution in [3.05, 3.63) is 66.7 Å². The Hall–Kier alpha value is -0.100. The molecule has 2 rings (SSSR count). The molecule has 1 nitrogen and oxygen atoms in total. The highest BCUT2D eigenvalue weighted by Crippen LogP contribution is 2.30. The van der Waals surface area contributed by atoms with Gasteiger partial charge in [-0.15, -0.1) is 0 Å². The van der Waals surface area contributed by atoms with Crippen LogP contribution in [-0.4, -0.2) is 6.54 Å². The van der Waals surface area contributed by atoms with Crippen molar-refractivity contribution in [2.75, 3.05) is 6.54 Å².